The second kappa shape index (κ2) is 9.42. The molecule has 178 valence electrons. The Morgan fingerprint density at radius 3 is 1.97 bits per heavy atom. The van der Waals surface area contributed by atoms with Crippen molar-refractivity contribution in [3.8, 4) is 0 Å². The Labute approximate surface area is 202 Å². The van der Waals surface area contributed by atoms with E-state index in [1.807, 2.05) is 0 Å². The van der Waals surface area contributed by atoms with Gasteiger partial charge in [0.1, 0.15) is 0 Å². The van der Waals surface area contributed by atoms with Crippen molar-refractivity contribution in [2.24, 2.45) is 5.41 Å². The largest absolute Gasteiger partial charge is 0.465 e. The number of benzene rings is 3. The molecule has 0 radical (unpaired) electrons. The average Bonchev–Trinajstić information content (AvgIpc) is 3.18. The van der Waals surface area contributed by atoms with Crippen LogP contribution in [0.15, 0.2) is 78.9 Å². The molecule has 0 bridgehead atoms. The lowest BCUT2D eigenvalue weighted by Gasteiger charge is -2.29. The van der Waals surface area contributed by atoms with Gasteiger partial charge in [-0.3, -0.25) is 24.1 Å². The van der Waals surface area contributed by atoms with E-state index < -0.39 is 34.9 Å². The summed E-state index contributed by atoms with van der Waals surface area (Å²) in [5, 5.41) is 0. The van der Waals surface area contributed by atoms with Crippen LogP contribution in [-0.2, 0) is 14.3 Å². The zero-order valence-corrected chi connectivity index (χ0v) is 19.1. The molecule has 0 aliphatic carbocycles. The Kier molecular flexibility index (Phi) is 6.38. The molecule has 2 unspecified atom stereocenters. The van der Waals surface area contributed by atoms with Crippen molar-refractivity contribution >= 4 is 34.9 Å². The Hall–Kier alpha value is -4.46. The topological polar surface area (TPSA) is 133 Å². The van der Waals surface area contributed by atoms with E-state index in [1.54, 1.807) is 49.4 Å². The minimum Gasteiger partial charge on any atom is -0.465 e. The number of anilines is 2. The summed E-state index contributed by atoms with van der Waals surface area (Å²) in [6.07, 6.45) is 0. The number of carbonyl (C=O) groups is 4. The SMILES string of the molecule is CCOC(=O)C1(C(=O)c2ccc(N)cc2)C(=O)N(C(=O)c2ccc(N)cc2)CC1c1ccccc1. The third-order valence-electron chi connectivity index (χ3n) is 6.20. The number of nitrogens with two attached hydrogens (primary N) is 2. The molecule has 2 amide bonds. The lowest BCUT2D eigenvalue weighted by atomic mass is 9.69. The molecule has 35 heavy (non-hydrogen) atoms. The first-order valence-corrected chi connectivity index (χ1v) is 11.1. The molecule has 3 aromatic rings. The first-order chi connectivity index (χ1) is 16.8. The van der Waals surface area contributed by atoms with Crippen LogP contribution in [0, 0.1) is 5.41 Å². The highest BCUT2D eigenvalue weighted by molar-refractivity contribution is 6.31. The van der Waals surface area contributed by atoms with E-state index in [1.165, 1.54) is 36.4 Å². The maximum atomic E-state index is 14.0. The predicted octanol–water partition coefficient (Wildman–Crippen LogP) is 3.05. The zero-order valence-electron chi connectivity index (χ0n) is 19.1. The summed E-state index contributed by atoms with van der Waals surface area (Å²) in [4.78, 5) is 56.0. The van der Waals surface area contributed by atoms with Crippen molar-refractivity contribution < 1.29 is 23.9 Å². The highest BCUT2D eigenvalue weighted by Gasteiger charge is 2.66. The quantitative estimate of drug-likeness (QED) is 0.186. The third-order valence-corrected chi connectivity index (χ3v) is 6.20. The molecule has 0 aromatic heterocycles. The van der Waals surface area contributed by atoms with Gasteiger partial charge in [0.2, 0.25) is 5.41 Å². The Balaban J connectivity index is 1.90. The number of imide groups is 1. The van der Waals surface area contributed by atoms with Gasteiger partial charge >= 0.3 is 5.97 Å². The van der Waals surface area contributed by atoms with Crippen molar-refractivity contribution in [3.63, 3.8) is 0 Å². The number of nitrogens with zero attached hydrogens (tertiary/aromatic N) is 1. The lowest BCUT2D eigenvalue weighted by molar-refractivity contribution is -0.157. The molecular weight excluding hydrogens is 446 g/mol. The van der Waals surface area contributed by atoms with Crippen LogP contribution in [0.2, 0.25) is 0 Å². The normalized spacial score (nSPS) is 19.4. The van der Waals surface area contributed by atoms with E-state index >= 15 is 0 Å². The van der Waals surface area contributed by atoms with Crippen molar-refractivity contribution in [1.29, 1.82) is 0 Å². The van der Waals surface area contributed by atoms with Crippen LogP contribution in [-0.4, -0.2) is 41.6 Å². The first-order valence-electron chi connectivity index (χ1n) is 11.1. The highest BCUT2D eigenvalue weighted by Crippen LogP contribution is 2.48. The molecule has 0 saturated carbocycles. The molecule has 1 fully saturated rings. The number of nitrogen functional groups attached to an aromatic ring is 2. The summed E-state index contributed by atoms with van der Waals surface area (Å²) in [7, 11) is 0. The van der Waals surface area contributed by atoms with Gasteiger partial charge in [0.05, 0.1) is 6.61 Å². The van der Waals surface area contributed by atoms with E-state index in [9.17, 15) is 19.2 Å². The van der Waals surface area contributed by atoms with E-state index in [-0.39, 0.29) is 24.3 Å². The standard InChI is InChI=1S/C27H25N3O5/c1-2-35-26(34)27(23(31)18-8-12-20(28)13-9-18)22(17-6-4-3-5-7-17)16-30(25(27)33)24(32)19-10-14-21(29)15-11-19/h3-15,22H,2,16,28-29H2,1H3. The van der Waals surface area contributed by atoms with Crippen molar-refractivity contribution in [1.82, 2.24) is 4.90 Å². The van der Waals surface area contributed by atoms with Gasteiger partial charge in [-0.2, -0.15) is 0 Å². The second-order valence-corrected chi connectivity index (χ2v) is 8.29. The van der Waals surface area contributed by atoms with Crippen LogP contribution in [0.5, 0.6) is 0 Å². The molecule has 4 N–H and O–H groups in total. The summed E-state index contributed by atoms with van der Waals surface area (Å²) in [6, 6.07) is 20.7. The molecule has 4 rings (SSSR count). The van der Waals surface area contributed by atoms with Crippen LogP contribution >= 0.6 is 0 Å². The smallest absolute Gasteiger partial charge is 0.330 e. The van der Waals surface area contributed by atoms with E-state index in [2.05, 4.69) is 0 Å². The van der Waals surface area contributed by atoms with Gasteiger partial charge in [0.25, 0.3) is 11.8 Å². The van der Waals surface area contributed by atoms with E-state index in [4.69, 9.17) is 16.2 Å². The fourth-order valence-corrected chi connectivity index (χ4v) is 4.45. The lowest BCUT2D eigenvalue weighted by Crippen LogP contribution is -2.51. The monoisotopic (exact) mass is 471 g/mol. The summed E-state index contributed by atoms with van der Waals surface area (Å²) in [6.45, 7) is 1.37. The Morgan fingerprint density at radius 1 is 0.886 bits per heavy atom. The number of ketones is 1. The second-order valence-electron chi connectivity index (χ2n) is 8.29. The maximum absolute atomic E-state index is 14.0. The van der Waals surface area contributed by atoms with Gasteiger partial charge < -0.3 is 16.2 Å². The fraction of sp³-hybridized carbons (Fsp3) is 0.185. The number of carbonyl (C=O) groups excluding carboxylic acids is 4. The van der Waals surface area contributed by atoms with Crippen LogP contribution in [0.3, 0.4) is 0 Å². The average molecular weight is 472 g/mol. The van der Waals surface area contributed by atoms with Crippen molar-refractivity contribution in [2.75, 3.05) is 24.6 Å². The molecular formula is C27H25N3O5. The maximum Gasteiger partial charge on any atom is 0.330 e. The van der Waals surface area contributed by atoms with Gasteiger partial charge in [-0.05, 0) is 61.0 Å². The number of esters is 1. The minimum atomic E-state index is -2.28. The molecule has 1 aliphatic rings. The van der Waals surface area contributed by atoms with Crippen LogP contribution < -0.4 is 11.5 Å². The Bertz CT molecular complexity index is 1270. The zero-order chi connectivity index (χ0) is 25.2. The number of likely N-dealkylation sites (tertiary alicyclic amines) is 1. The number of hydrogen-bond acceptors (Lipinski definition) is 7. The summed E-state index contributed by atoms with van der Waals surface area (Å²) < 4.78 is 5.31. The fourth-order valence-electron chi connectivity index (χ4n) is 4.45. The molecule has 8 heteroatoms. The summed E-state index contributed by atoms with van der Waals surface area (Å²) in [5.41, 5.74) is 11.0. The van der Waals surface area contributed by atoms with Gasteiger partial charge in [0, 0.05) is 35.0 Å². The number of rotatable bonds is 6. The summed E-state index contributed by atoms with van der Waals surface area (Å²) in [5.74, 6) is -4.26. The van der Waals surface area contributed by atoms with Gasteiger partial charge in [-0.1, -0.05) is 30.3 Å². The molecule has 0 spiro atoms. The Morgan fingerprint density at radius 2 is 1.43 bits per heavy atom. The first kappa shape index (κ1) is 23.7. The van der Waals surface area contributed by atoms with Gasteiger partial charge in [-0.15, -0.1) is 0 Å². The van der Waals surface area contributed by atoms with E-state index in [0.717, 1.165) is 4.90 Å². The van der Waals surface area contributed by atoms with E-state index in [0.29, 0.717) is 16.9 Å². The highest BCUT2D eigenvalue weighted by atomic mass is 16.5. The van der Waals surface area contributed by atoms with Crippen molar-refractivity contribution in [3.05, 3.63) is 95.6 Å². The van der Waals surface area contributed by atoms with Gasteiger partial charge in [-0.25, -0.2) is 0 Å². The number of ether oxygens (including phenoxy) is 1. The molecule has 1 saturated heterocycles. The van der Waals surface area contributed by atoms with Gasteiger partial charge in [0.15, 0.2) is 5.78 Å². The molecule has 2 atom stereocenters. The number of hydrogen-bond donors (Lipinski definition) is 2. The molecule has 1 aliphatic heterocycles. The molecule has 3 aromatic carbocycles. The molecule has 8 nitrogen and oxygen atoms in total. The molecule has 1 heterocycles. The van der Waals surface area contributed by atoms with Crippen LogP contribution in [0.1, 0.15) is 39.1 Å². The van der Waals surface area contributed by atoms with Crippen LogP contribution in [0.4, 0.5) is 11.4 Å². The van der Waals surface area contributed by atoms with Crippen molar-refractivity contribution in [2.45, 2.75) is 12.8 Å². The third kappa shape index (κ3) is 4.03. The predicted molar refractivity (Wildman–Crippen MR) is 130 cm³/mol. The minimum absolute atomic E-state index is 0.0453. The summed E-state index contributed by atoms with van der Waals surface area (Å²) >= 11 is 0. The van der Waals surface area contributed by atoms with Crippen LogP contribution in [0.25, 0.3) is 0 Å². The number of amides is 2. The number of Topliss-reactive ketones (excluding diaryl/α,β-unsaturated/α-hetero) is 1.